The van der Waals surface area contributed by atoms with Crippen LogP contribution < -0.4 is 0 Å². The van der Waals surface area contributed by atoms with Crippen molar-refractivity contribution in [1.29, 1.82) is 0 Å². The normalized spacial score (nSPS) is 11.2. The number of imidazole rings is 1. The first-order valence-electron chi connectivity index (χ1n) is 6.79. The first kappa shape index (κ1) is 12.4. The molecular weight excluding hydrogens is 278 g/mol. The molecule has 102 valence electrons. The standard InChI is InChI=1S/C17H13N3S/c1-2-10-20-15(8-1)11-19-17(20)21-12-14-6-3-5-13-7-4-9-18-16(13)14/h1-11H,12H2. The third kappa shape index (κ3) is 2.28. The van der Waals surface area contributed by atoms with Gasteiger partial charge in [-0.15, -0.1) is 0 Å². The molecule has 4 rings (SSSR count). The van der Waals surface area contributed by atoms with Crippen molar-refractivity contribution < 1.29 is 0 Å². The second-order valence-electron chi connectivity index (χ2n) is 4.82. The Balaban J connectivity index is 1.67. The summed E-state index contributed by atoms with van der Waals surface area (Å²) in [5.74, 6) is 0.863. The minimum Gasteiger partial charge on any atom is -0.295 e. The molecule has 3 nitrogen and oxygen atoms in total. The summed E-state index contributed by atoms with van der Waals surface area (Å²) >= 11 is 1.74. The van der Waals surface area contributed by atoms with Crippen molar-refractivity contribution in [2.45, 2.75) is 10.9 Å². The lowest BCUT2D eigenvalue weighted by molar-refractivity contribution is 0.958. The molecular formula is C17H13N3S. The molecule has 0 aliphatic rings. The minimum absolute atomic E-state index is 0.863. The summed E-state index contributed by atoms with van der Waals surface area (Å²) in [5, 5.41) is 2.20. The highest BCUT2D eigenvalue weighted by atomic mass is 32.2. The van der Waals surface area contributed by atoms with Gasteiger partial charge in [0.15, 0.2) is 5.16 Å². The van der Waals surface area contributed by atoms with Crippen LogP contribution in [0.4, 0.5) is 0 Å². The average molecular weight is 291 g/mol. The van der Waals surface area contributed by atoms with Crippen LogP contribution in [0.3, 0.4) is 0 Å². The second-order valence-corrected chi connectivity index (χ2v) is 5.76. The van der Waals surface area contributed by atoms with Gasteiger partial charge in [-0.25, -0.2) is 4.98 Å². The Labute approximate surface area is 126 Å². The maximum Gasteiger partial charge on any atom is 0.172 e. The fourth-order valence-electron chi connectivity index (χ4n) is 2.45. The van der Waals surface area contributed by atoms with E-state index in [1.165, 1.54) is 10.9 Å². The Hall–Kier alpha value is -2.33. The summed E-state index contributed by atoms with van der Waals surface area (Å²) in [6.45, 7) is 0. The topological polar surface area (TPSA) is 30.2 Å². The summed E-state index contributed by atoms with van der Waals surface area (Å²) in [7, 11) is 0. The van der Waals surface area contributed by atoms with E-state index >= 15 is 0 Å². The molecule has 0 spiro atoms. The molecule has 0 bridgehead atoms. The van der Waals surface area contributed by atoms with Crippen molar-refractivity contribution >= 4 is 28.2 Å². The fraction of sp³-hybridized carbons (Fsp3) is 0.0588. The van der Waals surface area contributed by atoms with Crippen LogP contribution in [0.1, 0.15) is 5.56 Å². The van der Waals surface area contributed by atoms with Crippen molar-refractivity contribution in [2.24, 2.45) is 0 Å². The molecule has 3 heterocycles. The van der Waals surface area contributed by atoms with Gasteiger partial charge in [0.25, 0.3) is 0 Å². The lowest BCUT2D eigenvalue weighted by atomic mass is 10.1. The molecule has 0 aliphatic carbocycles. The van der Waals surface area contributed by atoms with E-state index < -0.39 is 0 Å². The smallest absolute Gasteiger partial charge is 0.172 e. The van der Waals surface area contributed by atoms with Crippen LogP contribution in [0.5, 0.6) is 0 Å². The molecule has 0 amide bonds. The van der Waals surface area contributed by atoms with Crippen molar-refractivity contribution in [1.82, 2.24) is 14.4 Å². The van der Waals surface area contributed by atoms with Gasteiger partial charge < -0.3 is 0 Å². The zero-order valence-corrected chi connectivity index (χ0v) is 12.1. The lowest BCUT2D eigenvalue weighted by Crippen LogP contribution is -1.90. The van der Waals surface area contributed by atoms with Crippen LogP contribution in [-0.4, -0.2) is 14.4 Å². The minimum atomic E-state index is 0.863. The van der Waals surface area contributed by atoms with Gasteiger partial charge in [-0.1, -0.05) is 42.1 Å². The molecule has 0 N–H and O–H groups in total. The number of aromatic nitrogens is 3. The molecule has 0 aliphatic heterocycles. The molecule has 21 heavy (non-hydrogen) atoms. The Morgan fingerprint density at radius 2 is 1.90 bits per heavy atom. The molecule has 0 saturated carbocycles. The SMILES string of the molecule is c1cnc2c(CSc3ncc4ccccn34)cccc2c1. The van der Waals surface area contributed by atoms with Crippen LogP contribution in [0.2, 0.25) is 0 Å². The predicted molar refractivity (Wildman–Crippen MR) is 86.5 cm³/mol. The van der Waals surface area contributed by atoms with Crippen LogP contribution >= 0.6 is 11.8 Å². The Bertz CT molecular complexity index is 909. The number of para-hydroxylation sites is 1. The number of hydrogen-bond donors (Lipinski definition) is 0. The number of nitrogens with zero attached hydrogens (tertiary/aromatic N) is 3. The maximum absolute atomic E-state index is 4.50. The van der Waals surface area contributed by atoms with E-state index in [0.29, 0.717) is 0 Å². The number of thioether (sulfide) groups is 1. The summed E-state index contributed by atoms with van der Waals surface area (Å²) in [4.78, 5) is 9.00. The highest BCUT2D eigenvalue weighted by Crippen LogP contribution is 2.26. The fourth-order valence-corrected chi connectivity index (χ4v) is 3.40. The molecule has 0 unspecified atom stereocenters. The highest BCUT2D eigenvalue weighted by molar-refractivity contribution is 7.98. The van der Waals surface area contributed by atoms with Crippen LogP contribution in [0.15, 0.2) is 72.3 Å². The van der Waals surface area contributed by atoms with E-state index in [4.69, 9.17) is 0 Å². The summed E-state index contributed by atoms with van der Waals surface area (Å²) in [5.41, 5.74) is 3.44. The summed E-state index contributed by atoms with van der Waals surface area (Å²) in [6, 6.07) is 16.5. The number of rotatable bonds is 3. The van der Waals surface area contributed by atoms with Gasteiger partial charge in [-0.2, -0.15) is 0 Å². The van der Waals surface area contributed by atoms with E-state index in [1.807, 2.05) is 36.8 Å². The van der Waals surface area contributed by atoms with Crippen molar-refractivity contribution in [2.75, 3.05) is 0 Å². The number of benzene rings is 1. The zero-order valence-electron chi connectivity index (χ0n) is 11.3. The highest BCUT2D eigenvalue weighted by Gasteiger charge is 2.06. The van der Waals surface area contributed by atoms with Gasteiger partial charge in [0.1, 0.15) is 0 Å². The molecule has 1 aromatic carbocycles. The third-order valence-corrected chi connectivity index (χ3v) is 4.49. The van der Waals surface area contributed by atoms with E-state index in [9.17, 15) is 0 Å². The third-order valence-electron chi connectivity index (χ3n) is 3.48. The summed E-state index contributed by atoms with van der Waals surface area (Å²) < 4.78 is 2.11. The Morgan fingerprint density at radius 1 is 0.952 bits per heavy atom. The van der Waals surface area contributed by atoms with E-state index in [2.05, 4.69) is 44.7 Å². The number of pyridine rings is 2. The number of hydrogen-bond acceptors (Lipinski definition) is 3. The lowest BCUT2D eigenvalue weighted by Gasteiger charge is -2.05. The van der Waals surface area contributed by atoms with E-state index in [1.54, 1.807) is 11.8 Å². The quantitative estimate of drug-likeness (QED) is 0.531. The van der Waals surface area contributed by atoms with Crippen molar-refractivity contribution in [3.63, 3.8) is 0 Å². The molecule has 4 aromatic rings. The zero-order chi connectivity index (χ0) is 14.1. The maximum atomic E-state index is 4.50. The largest absolute Gasteiger partial charge is 0.295 e. The van der Waals surface area contributed by atoms with Gasteiger partial charge in [0.2, 0.25) is 0 Å². The van der Waals surface area contributed by atoms with Gasteiger partial charge in [0, 0.05) is 23.5 Å². The molecule has 0 fully saturated rings. The Kier molecular flexibility index (Phi) is 3.09. The Morgan fingerprint density at radius 3 is 2.90 bits per heavy atom. The average Bonchev–Trinajstić information content (AvgIpc) is 2.96. The van der Waals surface area contributed by atoms with Crippen LogP contribution in [0, 0.1) is 0 Å². The monoisotopic (exact) mass is 291 g/mol. The first-order chi connectivity index (χ1) is 10.4. The molecule has 4 heteroatoms. The summed E-state index contributed by atoms with van der Waals surface area (Å²) in [6.07, 6.45) is 5.80. The van der Waals surface area contributed by atoms with Gasteiger partial charge in [0.05, 0.1) is 17.2 Å². The van der Waals surface area contributed by atoms with Crippen LogP contribution in [-0.2, 0) is 5.75 Å². The molecule has 0 saturated heterocycles. The van der Waals surface area contributed by atoms with Crippen molar-refractivity contribution in [3.8, 4) is 0 Å². The predicted octanol–water partition coefficient (Wildman–Crippen LogP) is 4.17. The van der Waals surface area contributed by atoms with Crippen molar-refractivity contribution in [3.05, 3.63) is 72.7 Å². The van der Waals surface area contributed by atoms with Gasteiger partial charge in [-0.3, -0.25) is 9.38 Å². The first-order valence-corrected chi connectivity index (χ1v) is 7.78. The van der Waals surface area contributed by atoms with E-state index in [-0.39, 0.29) is 0 Å². The van der Waals surface area contributed by atoms with Gasteiger partial charge >= 0.3 is 0 Å². The number of fused-ring (bicyclic) bond motifs is 2. The second kappa shape index (κ2) is 5.22. The van der Waals surface area contributed by atoms with Gasteiger partial charge in [-0.05, 0) is 23.8 Å². The molecule has 3 aromatic heterocycles. The van der Waals surface area contributed by atoms with E-state index in [0.717, 1.165) is 21.9 Å². The molecule has 0 radical (unpaired) electrons. The molecule has 0 atom stereocenters. The van der Waals surface area contributed by atoms with Crippen LogP contribution in [0.25, 0.3) is 16.4 Å².